The molecule has 1 aromatic carbocycles. The normalized spacial score (nSPS) is 12.2. The predicted octanol–water partition coefficient (Wildman–Crippen LogP) is 3.15. The van der Waals surface area contributed by atoms with Crippen LogP contribution >= 0.6 is 27.3 Å². The van der Waals surface area contributed by atoms with Gasteiger partial charge in [0.2, 0.25) is 5.76 Å². The molecule has 8 heteroatoms. The number of aryl methyl sites for hydroxylation is 1. The number of halogens is 1. The van der Waals surface area contributed by atoms with E-state index in [1.807, 2.05) is 22.8 Å². The average molecular weight is 396 g/mol. The van der Waals surface area contributed by atoms with Crippen molar-refractivity contribution >= 4 is 43.4 Å². The van der Waals surface area contributed by atoms with Crippen molar-refractivity contribution < 1.29 is 14.1 Å². The van der Waals surface area contributed by atoms with Crippen molar-refractivity contribution in [2.24, 2.45) is 4.99 Å². The molecule has 3 aromatic rings. The lowest BCUT2D eigenvalue weighted by Gasteiger charge is -2.03. The number of ether oxygens (including phenoxy) is 1. The first-order chi connectivity index (χ1) is 11.1. The summed E-state index contributed by atoms with van der Waals surface area (Å²) in [6.07, 6.45) is 0. The highest BCUT2D eigenvalue weighted by molar-refractivity contribution is 9.10. The van der Waals surface area contributed by atoms with Crippen molar-refractivity contribution in [1.29, 1.82) is 0 Å². The molecule has 0 aliphatic heterocycles. The molecule has 0 bridgehead atoms. The van der Waals surface area contributed by atoms with E-state index in [1.165, 1.54) is 11.3 Å². The van der Waals surface area contributed by atoms with E-state index in [9.17, 15) is 4.79 Å². The number of carbonyl (C=O) groups is 1. The maximum absolute atomic E-state index is 12.2. The number of aromatic nitrogens is 2. The van der Waals surface area contributed by atoms with Gasteiger partial charge >= 0.3 is 5.91 Å². The molecule has 0 aliphatic rings. The zero-order valence-electron chi connectivity index (χ0n) is 12.6. The Kier molecular flexibility index (Phi) is 4.74. The van der Waals surface area contributed by atoms with E-state index in [2.05, 4.69) is 26.1 Å². The van der Waals surface area contributed by atoms with Gasteiger partial charge in [0.25, 0.3) is 0 Å². The van der Waals surface area contributed by atoms with Gasteiger partial charge in [-0.15, -0.1) is 0 Å². The van der Waals surface area contributed by atoms with Crippen LogP contribution in [-0.2, 0) is 11.3 Å². The highest BCUT2D eigenvalue weighted by Gasteiger charge is 2.13. The lowest BCUT2D eigenvalue weighted by molar-refractivity contribution is 0.0962. The molecule has 1 amide bonds. The Balaban J connectivity index is 2.11. The summed E-state index contributed by atoms with van der Waals surface area (Å²) in [5.41, 5.74) is 1.66. The van der Waals surface area contributed by atoms with E-state index in [0.717, 1.165) is 14.7 Å². The molecular weight excluding hydrogens is 382 g/mol. The van der Waals surface area contributed by atoms with Crippen molar-refractivity contribution in [3.63, 3.8) is 0 Å². The minimum Gasteiger partial charge on any atom is -0.383 e. The molecule has 6 nitrogen and oxygen atoms in total. The van der Waals surface area contributed by atoms with Crippen LogP contribution in [0.5, 0.6) is 0 Å². The number of fused-ring (bicyclic) bond motifs is 1. The van der Waals surface area contributed by atoms with Crippen molar-refractivity contribution in [3.05, 3.63) is 45.0 Å². The van der Waals surface area contributed by atoms with Gasteiger partial charge in [-0.1, -0.05) is 32.4 Å². The average Bonchev–Trinajstić information content (AvgIpc) is 3.08. The fourth-order valence-electron chi connectivity index (χ4n) is 2.14. The molecular formula is C15H14BrN3O3S. The van der Waals surface area contributed by atoms with Gasteiger partial charge in [-0.25, -0.2) is 0 Å². The molecule has 0 atom stereocenters. The Morgan fingerprint density at radius 3 is 3.00 bits per heavy atom. The monoisotopic (exact) mass is 395 g/mol. The highest BCUT2D eigenvalue weighted by atomic mass is 79.9. The van der Waals surface area contributed by atoms with Crippen molar-refractivity contribution in [2.75, 3.05) is 13.7 Å². The largest absolute Gasteiger partial charge is 0.383 e. The summed E-state index contributed by atoms with van der Waals surface area (Å²) in [5, 5.41) is 3.72. The van der Waals surface area contributed by atoms with Crippen LogP contribution in [0.4, 0.5) is 0 Å². The van der Waals surface area contributed by atoms with Crippen LogP contribution in [0.3, 0.4) is 0 Å². The van der Waals surface area contributed by atoms with Gasteiger partial charge in [0.15, 0.2) is 4.80 Å². The fourth-order valence-corrected chi connectivity index (χ4v) is 3.74. The van der Waals surface area contributed by atoms with Crippen LogP contribution in [-0.4, -0.2) is 29.3 Å². The lowest BCUT2D eigenvalue weighted by Crippen LogP contribution is -2.19. The number of hydrogen-bond donors (Lipinski definition) is 0. The number of methoxy groups -OCH3 is 1. The summed E-state index contributed by atoms with van der Waals surface area (Å²) in [7, 11) is 1.64. The topological polar surface area (TPSA) is 69.6 Å². The molecule has 0 fully saturated rings. The summed E-state index contributed by atoms with van der Waals surface area (Å²) in [6.45, 7) is 2.90. The maximum atomic E-state index is 12.2. The first-order valence-electron chi connectivity index (χ1n) is 6.88. The van der Waals surface area contributed by atoms with Gasteiger partial charge in [-0.2, -0.15) is 4.99 Å². The van der Waals surface area contributed by atoms with E-state index in [-0.39, 0.29) is 5.76 Å². The summed E-state index contributed by atoms with van der Waals surface area (Å²) in [4.78, 5) is 17.1. The van der Waals surface area contributed by atoms with E-state index in [1.54, 1.807) is 20.1 Å². The minimum absolute atomic E-state index is 0.138. The van der Waals surface area contributed by atoms with Crippen molar-refractivity contribution in [1.82, 2.24) is 9.72 Å². The zero-order valence-corrected chi connectivity index (χ0v) is 15.0. The Morgan fingerprint density at radius 2 is 2.30 bits per heavy atom. The van der Waals surface area contributed by atoms with E-state index < -0.39 is 5.91 Å². The van der Waals surface area contributed by atoms with Gasteiger partial charge in [0, 0.05) is 24.2 Å². The third kappa shape index (κ3) is 3.44. The summed E-state index contributed by atoms with van der Waals surface area (Å²) in [5.74, 6) is -0.304. The predicted molar refractivity (Wildman–Crippen MR) is 90.5 cm³/mol. The summed E-state index contributed by atoms with van der Waals surface area (Å²) < 4.78 is 14.1. The number of amides is 1. The number of hydrogen-bond acceptors (Lipinski definition) is 5. The van der Waals surface area contributed by atoms with Crippen LogP contribution in [0, 0.1) is 6.92 Å². The summed E-state index contributed by atoms with van der Waals surface area (Å²) in [6, 6.07) is 7.54. The van der Waals surface area contributed by atoms with Gasteiger partial charge in [-0.3, -0.25) is 4.79 Å². The molecule has 2 heterocycles. The molecule has 0 saturated carbocycles. The molecule has 0 radical (unpaired) electrons. The number of rotatable bonds is 4. The second-order valence-corrected chi connectivity index (χ2v) is 6.82. The standard InChI is InChI=1S/C15H14BrN3O3S/c1-9-7-12(22-18-9)14(20)17-15-19(5-6-21-2)11-4-3-10(16)8-13(11)23-15/h3-4,7-8H,5-6H2,1-2H3. The van der Waals surface area contributed by atoms with E-state index in [4.69, 9.17) is 9.26 Å². The van der Waals surface area contributed by atoms with Crippen molar-refractivity contribution in [3.8, 4) is 0 Å². The first-order valence-corrected chi connectivity index (χ1v) is 8.49. The Morgan fingerprint density at radius 1 is 1.48 bits per heavy atom. The zero-order chi connectivity index (χ0) is 16.4. The molecule has 3 rings (SSSR count). The second-order valence-electron chi connectivity index (χ2n) is 4.89. The molecule has 23 heavy (non-hydrogen) atoms. The molecule has 0 spiro atoms. The van der Waals surface area contributed by atoms with Crippen LogP contribution in [0.15, 0.2) is 38.3 Å². The molecule has 0 N–H and O–H groups in total. The number of carbonyl (C=O) groups excluding carboxylic acids is 1. The van der Waals surface area contributed by atoms with Crippen LogP contribution < -0.4 is 4.80 Å². The SMILES string of the molecule is COCCn1c(=NC(=O)c2cc(C)no2)sc2cc(Br)ccc21. The van der Waals surface area contributed by atoms with Gasteiger partial charge < -0.3 is 13.8 Å². The fraction of sp³-hybridized carbons (Fsp3) is 0.267. The molecule has 2 aromatic heterocycles. The Hall–Kier alpha value is -1.77. The lowest BCUT2D eigenvalue weighted by atomic mass is 10.3. The van der Waals surface area contributed by atoms with Gasteiger partial charge in [0.05, 0.1) is 22.5 Å². The van der Waals surface area contributed by atoms with E-state index >= 15 is 0 Å². The minimum atomic E-state index is -0.442. The molecule has 0 unspecified atom stereocenters. The third-order valence-electron chi connectivity index (χ3n) is 3.20. The first kappa shape index (κ1) is 16.1. The van der Waals surface area contributed by atoms with Crippen LogP contribution in [0.1, 0.15) is 16.2 Å². The number of thiazole rings is 1. The molecule has 0 saturated heterocycles. The van der Waals surface area contributed by atoms with Crippen LogP contribution in [0.2, 0.25) is 0 Å². The Labute approximate surface area is 144 Å². The maximum Gasteiger partial charge on any atom is 0.318 e. The number of benzene rings is 1. The molecule has 120 valence electrons. The van der Waals surface area contributed by atoms with Gasteiger partial charge in [0.1, 0.15) is 0 Å². The van der Waals surface area contributed by atoms with Crippen LogP contribution in [0.25, 0.3) is 10.2 Å². The Bertz CT molecular complexity index is 926. The number of nitrogens with zero attached hydrogens (tertiary/aromatic N) is 3. The quantitative estimate of drug-likeness (QED) is 0.680. The third-order valence-corrected chi connectivity index (χ3v) is 4.73. The van der Waals surface area contributed by atoms with Crippen molar-refractivity contribution in [2.45, 2.75) is 13.5 Å². The summed E-state index contributed by atoms with van der Waals surface area (Å²) >= 11 is 4.91. The highest BCUT2D eigenvalue weighted by Crippen LogP contribution is 2.22. The van der Waals surface area contributed by atoms with Gasteiger partial charge in [-0.05, 0) is 25.1 Å². The van der Waals surface area contributed by atoms with E-state index in [0.29, 0.717) is 23.6 Å². The second kappa shape index (κ2) is 6.77. The molecule has 0 aliphatic carbocycles. The smallest absolute Gasteiger partial charge is 0.318 e.